The lowest BCUT2D eigenvalue weighted by atomic mass is 10.1. The molecule has 1 aromatic carbocycles. The molecule has 0 bridgehead atoms. The van der Waals surface area contributed by atoms with E-state index in [1.54, 1.807) is 11.9 Å². The van der Waals surface area contributed by atoms with E-state index in [2.05, 4.69) is 0 Å². The normalized spacial score (nSPS) is 14.1. The van der Waals surface area contributed by atoms with Crippen molar-refractivity contribution in [2.45, 2.75) is 26.2 Å². The zero-order chi connectivity index (χ0) is 19.2. The molecule has 6 heteroatoms. The summed E-state index contributed by atoms with van der Waals surface area (Å²) in [5.74, 6) is 0.407. The molecule has 0 aliphatic carbocycles. The highest BCUT2D eigenvalue weighted by Crippen LogP contribution is 2.37. The van der Waals surface area contributed by atoms with Gasteiger partial charge in [0.25, 0.3) is 11.8 Å². The molecule has 1 aliphatic heterocycles. The molecule has 2 heterocycles. The van der Waals surface area contributed by atoms with Crippen LogP contribution in [0.1, 0.15) is 35.9 Å². The highest BCUT2D eigenvalue weighted by Gasteiger charge is 2.23. The molecule has 144 valence electrons. The smallest absolute Gasteiger partial charge is 0.267 e. The molecule has 0 saturated carbocycles. The van der Waals surface area contributed by atoms with E-state index in [1.165, 1.54) is 17.8 Å². The fourth-order valence-electron chi connectivity index (χ4n) is 3.07. The van der Waals surface area contributed by atoms with Crippen LogP contribution in [0.3, 0.4) is 0 Å². The first-order valence-corrected chi connectivity index (χ1v) is 10.3. The molecule has 2 aromatic rings. The van der Waals surface area contributed by atoms with Crippen molar-refractivity contribution >= 4 is 23.2 Å². The standard InChI is InChI=1S/C21H26N2O3S/c1-3-22(2)21(25)20-17(14-18(27-20)16-10-6-4-7-11-16)26-15-19(24)23-12-8-5-9-13-23/h4,6-7,10-11,14H,3,5,8-9,12-13,15H2,1-2H3. The summed E-state index contributed by atoms with van der Waals surface area (Å²) < 4.78 is 5.84. The second-order valence-electron chi connectivity index (χ2n) is 6.72. The van der Waals surface area contributed by atoms with E-state index in [0.717, 1.165) is 36.4 Å². The van der Waals surface area contributed by atoms with Gasteiger partial charge < -0.3 is 14.5 Å². The van der Waals surface area contributed by atoms with Crippen molar-refractivity contribution in [2.24, 2.45) is 0 Å². The molecular formula is C21H26N2O3S. The third-order valence-corrected chi connectivity index (χ3v) is 5.98. The Morgan fingerprint density at radius 2 is 1.85 bits per heavy atom. The van der Waals surface area contributed by atoms with Crippen molar-refractivity contribution in [3.05, 3.63) is 41.3 Å². The van der Waals surface area contributed by atoms with Gasteiger partial charge in [0.1, 0.15) is 10.6 Å². The highest BCUT2D eigenvalue weighted by atomic mass is 32.1. The Balaban J connectivity index is 1.80. The topological polar surface area (TPSA) is 49.9 Å². The second kappa shape index (κ2) is 9.04. The van der Waals surface area contributed by atoms with Crippen LogP contribution in [0.4, 0.5) is 0 Å². The van der Waals surface area contributed by atoms with Crippen LogP contribution >= 0.6 is 11.3 Å². The van der Waals surface area contributed by atoms with Gasteiger partial charge >= 0.3 is 0 Å². The zero-order valence-corrected chi connectivity index (χ0v) is 16.8. The van der Waals surface area contributed by atoms with Crippen LogP contribution in [-0.4, -0.2) is 54.9 Å². The van der Waals surface area contributed by atoms with E-state index in [0.29, 0.717) is 17.2 Å². The number of benzene rings is 1. The predicted molar refractivity (Wildman–Crippen MR) is 108 cm³/mol. The number of thiophene rings is 1. The van der Waals surface area contributed by atoms with Crippen LogP contribution < -0.4 is 4.74 Å². The number of amides is 2. The number of piperidine rings is 1. The second-order valence-corrected chi connectivity index (χ2v) is 7.77. The van der Waals surface area contributed by atoms with Crippen molar-refractivity contribution in [1.82, 2.24) is 9.80 Å². The van der Waals surface area contributed by atoms with E-state index in [4.69, 9.17) is 4.74 Å². The maximum absolute atomic E-state index is 12.7. The van der Waals surface area contributed by atoms with Crippen LogP contribution in [0.2, 0.25) is 0 Å². The molecule has 1 saturated heterocycles. The zero-order valence-electron chi connectivity index (χ0n) is 15.9. The summed E-state index contributed by atoms with van der Waals surface area (Å²) in [5.41, 5.74) is 1.04. The molecule has 0 atom stereocenters. The number of carbonyl (C=O) groups excluding carboxylic acids is 2. The Bertz CT molecular complexity index is 782. The van der Waals surface area contributed by atoms with Crippen LogP contribution in [0.5, 0.6) is 5.75 Å². The summed E-state index contributed by atoms with van der Waals surface area (Å²) >= 11 is 1.41. The number of hydrogen-bond acceptors (Lipinski definition) is 4. The number of rotatable bonds is 6. The third-order valence-electron chi connectivity index (χ3n) is 4.83. The fraction of sp³-hybridized carbons (Fsp3) is 0.429. The number of nitrogens with zero attached hydrogens (tertiary/aromatic N) is 2. The first-order chi connectivity index (χ1) is 13.1. The monoisotopic (exact) mass is 386 g/mol. The van der Waals surface area contributed by atoms with Crippen LogP contribution in [0, 0.1) is 0 Å². The quantitative estimate of drug-likeness (QED) is 0.757. The van der Waals surface area contributed by atoms with Crippen molar-refractivity contribution in [3.63, 3.8) is 0 Å². The summed E-state index contributed by atoms with van der Waals surface area (Å²) in [4.78, 5) is 30.2. The van der Waals surface area contributed by atoms with E-state index in [-0.39, 0.29) is 18.4 Å². The van der Waals surface area contributed by atoms with Gasteiger partial charge in [-0.15, -0.1) is 11.3 Å². The minimum atomic E-state index is -0.0786. The predicted octanol–water partition coefficient (Wildman–Crippen LogP) is 3.90. The van der Waals surface area contributed by atoms with Gasteiger partial charge in [-0.1, -0.05) is 30.3 Å². The van der Waals surface area contributed by atoms with E-state index in [1.807, 2.05) is 48.2 Å². The maximum atomic E-state index is 12.7. The molecule has 0 spiro atoms. The summed E-state index contributed by atoms with van der Waals surface area (Å²) in [5, 5.41) is 0. The van der Waals surface area contributed by atoms with Crippen molar-refractivity contribution in [3.8, 4) is 16.2 Å². The molecule has 27 heavy (non-hydrogen) atoms. The van der Waals surface area contributed by atoms with Crippen molar-refractivity contribution in [1.29, 1.82) is 0 Å². The average Bonchev–Trinajstić information content (AvgIpc) is 3.16. The number of carbonyl (C=O) groups is 2. The Morgan fingerprint density at radius 1 is 1.15 bits per heavy atom. The highest BCUT2D eigenvalue weighted by molar-refractivity contribution is 7.17. The Morgan fingerprint density at radius 3 is 2.52 bits per heavy atom. The van der Waals surface area contributed by atoms with Gasteiger partial charge in [-0.25, -0.2) is 0 Å². The SMILES string of the molecule is CCN(C)C(=O)c1sc(-c2ccccc2)cc1OCC(=O)N1CCCCC1. The number of hydrogen-bond donors (Lipinski definition) is 0. The minimum absolute atomic E-state index is 0.00981. The Labute approximate surface area is 164 Å². The number of likely N-dealkylation sites (tertiary alicyclic amines) is 1. The summed E-state index contributed by atoms with van der Waals surface area (Å²) in [7, 11) is 1.77. The molecule has 0 unspecified atom stereocenters. The average molecular weight is 387 g/mol. The van der Waals surface area contributed by atoms with E-state index in [9.17, 15) is 9.59 Å². The van der Waals surface area contributed by atoms with Crippen LogP contribution in [0.15, 0.2) is 36.4 Å². The maximum Gasteiger partial charge on any atom is 0.267 e. The van der Waals surface area contributed by atoms with Gasteiger partial charge in [0.15, 0.2) is 6.61 Å². The first-order valence-electron chi connectivity index (χ1n) is 9.45. The molecule has 1 fully saturated rings. The molecule has 5 nitrogen and oxygen atoms in total. The van der Waals surface area contributed by atoms with E-state index >= 15 is 0 Å². The van der Waals surface area contributed by atoms with Crippen molar-refractivity contribution in [2.75, 3.05) is 33.3 Å². The Kier molecular flexibility index (Phi) is 6.50. The lowest BCUT2D eigenvalue weighted by molar-refractivity contribution is -0.134. The third kappa shape index (κ3) is 4.69. The van der Waals surface area contributed by atoms with Gasteiger partial charge in [0, 0.05) is 31.6 Å². The largest absolute Gasteiger partial charge is 0.482 e. The van der Waals surface area contributed by atoms with Crippen LogP contribution in [0.25, 0.3) is 10.4 Å². The minimum Gasteiger partial charge on any atom is -0.482 e. The fourth-order valence-corrected chi connectivity index (χ4v) is 4.17. The van der Waals surface area contributed by atoms with Gasteiger partial charge in [-0.05, 0) is 37.8 Å². The summed E-state index contributed by atoms with van der Waals surface area (Å²) in [6.07, 6.45) is 3.28. The molecule has 0 radical (unpaired) electrons. The lowest BCUT2D eigenvalue weighted by Gasteiger charge is -2.26. The van der Waals surface area contributed by atoms with Gasteiger partial charge in [-0.2, -0.15) is 0 Å². The van der Waals surface area contributed by atoms with Gasteiger partial charge in [0.2, 0.25) is 0 Å². The summed E-state index contributed by atoms with van der Waals surface area (Å²) in [6, 6.07) is 11.8. The Hall–Kier alpha value is -2.34. The van der Waals surface area contributed by atoms with Gasteiger partial charge in [-0.3, -0.25) is 9.59 Å². The van der Waals surface area contributed by atoms with E-state index < -0.39 is 0 Å². The molecule has 0 N–H and O–H groups in total. The van der Waals surface area contributed by atoms with Gasteiger partial charge in [0.05, 0.1) is 0 Å². The lowest BCUT2D eigenvalue weighted by Crippen LogP contribution is -2.38. The molecule has 1 aromatic heterocycles. The van der Waals surface area contributed by atoms with Crippen LogP contribution in [-0.2, 0) is 4.79 Å². The first kappa shape index (κ1) is 19.4. The molecule has 1 aliphatic rings. The molecular weight excluding hydrogens is 360 g/mol. The molecule has 2 amide bonds. The summed E-state index contributed by atoms with van der Waals surface area (Å²) in [6.45, 7) is 4.12. The molecule has 3 rings (SSSR count). The number of ether oxygens (including phenoxy) is 1. The van der Waals surface area contributed by atoms with Crippen molar-refractivity contribution < 1.29 is 14.3 Å².